The van der Waals surface area contributed by atoms with Gasteiger partial charge in [-0.05, 0) is 38.3 Å². The Hall–Kier alpha value is -0.540. The van der Waals surface area contributed by atoms with Crippen molar-refractivity contribution < 1.29 is 4.79 Å². The molecule has 1 N–H and O–H groups in total. The summed E-state index contributed by atoms with van der Waals surface area (Å²) < 4.78 is 0. The predicted octanol–water partition coefficient (Wildman–Crippen LogP) is 3.94. The van der Waals surface area contributed by atoms with Crippen LogP contribution in [0.25, 0.3) is 0 Å². The highest BCUT2D eigenvalue weighted by molar-refractivity contribution is 9.09. The van der Waals surface area contributed by atoms with Crippen LogP contribution in [0, 0.1) is 6.92 Å². The molecule has 0 aromatic heterocycles. The van der Waals surface area contributed by atoms with Crippen molar-refractivity contribution in [3.8, 4) is 0 Å². The van der Waals surface area contributed by atoms with Gasteiger partial charge in [0.25, 0.3) is 5.91 Å². The van der Waals surface area contributed by atoms with E-state index in [0.717, 1.165) is 23.7 Å². The highest BCUT2D eigenvalue weighted by atomic mass is 79.9. The van der Waals surface area contributed by atoms with Gasteiger partial charge in [0.1, 0.15) is 0 Å². The van der Waals surface area contributed by atoms with E-state index in [1.807, 2.05) is 26.0 Å². The molecule has 0 aliphatic carbocycles. The normalized spacial score (nSPS) is 12.2. The van der Waals surface area contributed by atoms with E-state index >= 15 is 0 Å². The fourth-order valence-corrected chi connectivity index (χ4v) is 2.12. The van der Waals surface area contributed by atoms with Crippen molar-refractivity contribution >= 4 is 33.4 Å². The SMILES string of the molecule is Cc1cccc(C(=O)NC(C)CCCBr)c1Cl. The number of rotatable bonds is 5. The Labute approximate surface area is 116 Å². The number of hydrogen-bond acceptors (Lipinski definition) is 1. The summed E-state index contributed by atoms with van der Waals surface area (Å²) in [6.45, 7) is 3.90. The van der Waals surface area contributed by atoms with Crippen LogP contribution in [0.1, 0.15) is 35.7 Å². The summed E-state index contributed by atoms with van der Waals surface area (Å²) in [5.41, 5.74) is 1.48. The van der Waals surface area contributed by atoms with Gasteiger partial charge in [-0.2, -0.15) is 0 Å². The van der Waals surface area contributed by atoms with Crippen LogP contribution in [0.4, 0.5) is 0 Å². The fraction of sp³-hybridized carbons (Fsp3) is 0.462. The lowest BCUT2D eigenvalue weighted by Gasteiger charge is -2.14. The minimum atomic E-state index is -0.0965. The summed E-state index contributed by atoms with van der Waals surface area (Å²) in [6, 6.07) is 5.66. The molecule has 1 rings (SSSR count). The molecule has 0 fully saturated rings. The van der Waals surface area contributed by atoms with E-state index in [1.54, 1.807) is 6.07 Å². The predicted molar refractivity (Wildman–Crippen MR) is 76.1 cm³/mol. The van der Waals surface area contributed by atoms with Gasteiger partial charge in [0.05, 0.1) is 10.6 Å². The number of halogens is 2. The molecule has 0 saturated heterocycles. The number of carbonyl (C=O) groups is 1. The molecular weight excluding hydrogens is 302 g/mol. The lowest BCUT2D eigenvalue weighted by molar-refractivity contribution is 0.0938. The summed E-state index contributed by atoms with van der Waals surface area (Å²) in [5, 5.41) is 4.45. The van der Waals surface area contributed by atoms with Crippen molar-refractivity contribution in [3.63, 3.8) is 0 Å². The number of carbonyl (C=O) groups excluding carboxylic acids is 1. The first-order chi connectivity index (χ1) is 8.06. The van der Waals surface area contributed by atoms with Gasteiger partial charge in [0.15, 0.2) is 0 Å². The number of benzene rings is 1. The first kappa shape index (κ1) is 14.5. The quantitative estimate of drug-likeness (QED) is 0.819. The molecule has 0 heterocycles. The lowest BCUT2D eigenvalue weighted by Crippen LogP contribution is -2.32. The molecule has 4 heteroatoms. The van der Waals surface area contributed by atoms with Gasteiger partial charge < -0.3 is 5.32 Å². The maximum absolute atomic E-state index is 12.0. The van der Waals surface area contributed by atoms with Crippen LogP contribution < -0.4 is 5.32 Å². The van der Waals surface area contributed by atoms with Crippen molar-refractivity contribution in [1.82, 2.24) is 5.32 Å². The molecule has 1 aromatic carbocycles. The maximum Gasteiger partial charge on any atom is 0.253 e. The standard InChI is InChI=1S/C13H17BrClNO/c1-9-5-3-7-11(12(9)15)13(17)16-10(2)6-4-8-14/h3,5,7,10H,4,6,8H2,1-2H3,(H,16,17). The van der Waals surface area contributed by atoms with E-state index in [1.165, 1.54) is 0 Å². The smallest absolute Gasteiger partial charge is 0.253 e. The van der Waals surface area contributed by atoms with Gasteiger partial charge in [-0.3, -0.25) is 4.79 Å². The fourth-order valence-electron chi connectivity index (χ4n) is 1.58. The zero-order chi connectivity index (χ0) is 12.8. The average molecular weight is 319 g/mol. The van der Waals surface area contributed by atoms with Crippen LogP contribution in [0.2, 0.25) is 5.02 Å². The molecular formula is C13H17BrClNO. The Morgan fingerprint density at radius 2 is 2.24 bits per heavy atom. The van der Waals surface area contributed by atoms with Crippen LogP contribution in [0.5, 0.6) is 0 Å². The largest absolute Gasteiger partial charge is 0.350 e. The third kappa shape index (κ3) is 4.32. The Morgan fingerprint density at radius 3 is 2.88 bits per heavy atom. The summed E-state index contributed by atoms with van der Waals surface area (Å²) in [7, 11) is 0. The molecule has 1 atom stereocenters. The number of aryl methyl sites for hydroxylation is 1. The molecule has 1 aromatic rings. The van der Waals surface area contributed by atoms with Crippen LogP contribution in [-0.2, 0) is 0 Å². The molecule has 0 saturated carbocycles. The Balaban J connectivity index is 2.67. The number of alkyl halides is 1. The summed E-state index contributed by atoms with van der Waals surface area (Å²) in [6.07, 6.45) is 2.00. The van der Waals surface area contributed by atoms with Crippen LogP contribution in [0.15, 0.2) is 18.2 Å². The van der Waals surface area contributed by atoms with E-state index in [2.05, 4.69) is 21.2 Å². The van der Waals surface area contributed by atoms with Crippen LogP contribution in [0.3, 0.4) is 0 Å². The average Bonchev–Trinajstić information content (AvgIpc) is 2.29. The minimum absolute atomic E-state index is 0.0965. The van der Waals surface area contributed by atoms with Gasteiger partial charge in [-0.25, -0.2) is 0 Å². The summed E-state index contributed by atoms with van der Waals surface area (Å²) >= 11 is 9.48. The zero-order valence-electron chi connectivity index (χ0n) is 10.1. The first-order valence-corrected chi connectivity index (χ1v) is 7.18. The van der Waals surface area contributed by atoms with Crippen LogP contribution in [-0.4, -0.2) is 17.3 Å². The van der Waals surface area contributed by atoms with Crippen molar-refractivity contribution in [3.05, 3.63) is 34.3 Å². The molecule has 17 heavy (non-hydrogen) atoms. The highest BCUT2D eigenvalue weighted by Crippen LogP contribution is 2.20. The topological polar surface area (TPSA) is 29.1 Å². The van der Waals surface area contributed by atoms with Crippen LogP contribution >= 0.6 is 27.5 Å². The van der Waals surface area contributed by atoms with E-state index in [-0.39, 0.29) is 11.9 Å². The van der Waals surface area contributed by atoms with Gasteiger partial charge in [-0.15, -0.1) is 0 Å². The molecule has 1 unspecified atom stereocenters. The van der Waals surface area contributed by atoms with Crippen molar-refractivity contribution in [2.45, 2.75) is 32.7 Å². The van der Waals surface area contributed by atoms with Gasteiger partial charge in [0, 0.05) is 11.4 Å². The van der Waals surface area contributed by atoms with Gasteiger partial charge in [0.2, 0.25) is 0 Å². The summed E-state index contributed by atoms with van der Waals surface area (Å²) in [5.74, 6) is -0.0965. The van der Waals surface area contributed by atoms with E-state index < -0.39 is 0 Å². The monoisotopic (exact) mass is 317 g/mol. The number of hydrogen-bond donors (Lipinski definition) is 1. The number of nitrogens with one attached hydrogen (secondary N) is 1. The second-order valence-electron chi connectivity index (χ2n) is 4.14. The molecule has 0 aliphatic heterocycles. The summed E-state index contributed by atoms with van der Waals surface area (Å²) in [4.78, 5) is 12.0. The van der Waals surface area contributed by atoms with Gasteiger partial charge >= 0.3 is 0 Å². The van der Waals surface area contributed by atoms with E-state index in [9.17, 15) is 4.79 Å². The maximum atomic E-state index is 12.0. The molecule has 1 amide bonds. The molecule has 0 spiro atoms. The third-order valence-corrected chi connectivity index (χ3v) is 3.65. The Kier molecular flexibility index (Phi) is 6.00. The third-order valence-electron chi connectivity index (χ3n) is 2.58. The minimum Gasteiger partial charge on any atom is -0.350 e. The first-order valence-electron chi connectivity index (χ1n) is 5.68. The van der Waals surface area contributed by atoms with Crippen molar-refractivity contribution in [2.24, 2.45) is 0 Å². The van der Waals surface area contributed by atoms with Crippen molar-refractivity contribution in [1.29, 1.82) is 0 Å². The van der Waals surface area contributed by atoms with Crippen molar-refractivity contribution in [2.75, 3.05) is 5.33 Å². The Morgan fingerprint density at radius 1 is 1.53 bits per heavy atom. The zero-order valence-corrected chi connectivity index (χ0v) is 12.4. The lowest BCUT2D eigenvalue weighted by atomic mass is 10.1. The molecule has 0 aliphatic rings. The number of amides is 1. The molecule has 0 radical (unpaired) electrons. The second-order valence-corrected chi connectivity index (χ2v) is 5.31. The Bertz CT molecular complexity index is 395. The molecule has 0 bridgehead atoms. The molecule has 2 nitrogen and oxygen atoms in total. The molecule has 94 valence electrons. The highest BCUT2D eigenvalue weighted by Gasteiger charge is 2.13. The van der Waals surface area contributed by atoms with Gasteiger partial charge in [-0.1, -0.05) is 39.7 Å². The van der Waals surface area contributed by atoms with E-state index in [0.29, 0.717) is 10.6 Å². The van der Waals surface area contributed by atoms with E-state index in [4.69, 9.17) is 11.6 Å². The second kappa shape index (κ2) is 7.02.